The van der Waals surface area contributed by atoms with Crippen LogP contribution >= 0.6 is 11.3 Å². The van der Waals surface area contributed by atoms with Crippen molar-refractivity contribution in [3.8, 4) is 5.88 Å². The molecule has 0 aromatic carbocycles. The minimum Gasteiger partial charge on any atom is -0.481 e. The summed E-state index contributed by atoms with van der Waals surface area (Å²) in [6, 6.07) is 1.98. The van der Waals surface area contributed by atoms with Gasteiger partial charge < -0.3 is 10.1 Å². The van der Waals surface area contributed by atoms with Crippen LogP contribution in [0, 0.1) is 13.8 Å². The van der Waals surface area contributed by atoms with Crippen molar-refractivity contribution in [3.05, 3.63) is 39.0 Å². The van der Waals surface area contributed by atoms with Gasteiger partial charge in [0.1, 0.15) is 5.69 Å². The smallest absolute Gasteiger partial charge is 0.271 e. The van der Waals surface area contributed by atoms with Gasteiger partial charge >= 0.3 is 0 Å². The van der Waals surface area contributed by atoms with E-state index >= 15 is 0 Å². The predicted molar refractivity (Wildman–Crippen MR) is 87.5 cm³/mol. The van der Waals surface area contributed by atoms with Crippen LogP contribution < -0.4 is 10.1 Å². The lowest BCUT2D eigenvalue weighted by molar-refractivity contribution is 0.0946. The fourth-order valence-corrected chi connectivity index (χ4v) is 3.10. The Bertz CT molecular complexity index is 667. The van der Waals surface area contributed by atoms with Gasteiger partial charge in [0.05, 0.1) is 12.1 Å². The van der Waals surface area contributed by atoms with E-state index in [0.29, 0.717) is 18.1 Å². The third-order valence-corrected chi connectivity index (χ3v) is 4.21. The van der Waals surface area contributed by atoms with E-state index in [-0.39, 0.29) is 5.91 Å². The Morgan fingerprint density at radius 1 is 1.36 bits per heavy atom. The second-order valence-corrected chi connectivity index (χ2v) is 6.07. The van der Waals surface area contributed by atoms with Crippen LogP contribution in [0.5, 0.6) is 5.88 Å². The maximum absolute atomic E-state index is 12.2. The van der Waals surface area contributed by atoms with E-state index in [0.717, 1.165) is 34.7 Å². The van der Waals surface area contributed by atoms with Crippen molar-refractivity contribution in [2.75, 3.05) is 7.11 Å². The van der Waals surface area contributed by atoms with Gasteiger partial charge in [-0.2, -0.15) is 0 Å². The van der Waals surface area contributed by atoms with Gasteiger partial charge in [0.15, 0.2) is 0 Å². The number of pyridine rings is 1. The van der Waals surface area contributed by atoms with E-state index in [1.165, 1.54) is 11.3 Å². The number of hydrogen-bond donors (Lipinski definition) is 1. The quantitative estimate of drug-likeness (QED) is 0.889. The maximum Gasteiger partial charge on any atom is 0.271 e. The summed E-state index contributed by atoms with van der Waals surface area (Å²) in [6.45, 7) is 6.38. The van der Waals surface area contributed by atoms with Crippen molar-refractivity contribution in [2.45, 2.75) is 40.2 Å². The summed E-state index contributed by atoms with van der Waals surface area (Å²) in [5.74, 6) is 0.392. The average Bonchev–Trinajstić information content (AvgIpc) is 2.94. The minimum absolute atomic E-state index is 0.166. The topological polar surface area (TPSA) is 64.1 Å². The normalized spacial score (nSPS) is 10.5. The van der Waals surface area contributed by atoms with E-state index in [4.69, 9.17) is 4.74 Å². The molecule has 1 N–H and O–H groups in total. The monoisotopic (exact) mass is 319 g/mol. The summed E-state index contributed by atoms with van der Waals surface area (Å²) in [6.07, 6.45) is 1.94. The Balaban J connectivity index is 2.07. The molecule has 5 nitrogen and oxygen atoms in total. The van der Waals surface area contributed by atoms with Crippen molar-refractivity contribution in [1.29, 1.82) is 0 Å². The van der Waals surface area contributed by atoms with E-state index < -0.39 is 0 Å². The molecule has 0 saturated heterocycles. The Kier molecular flexibility index (Phi) is 5.49. The number of thiazole rings is 1. The molecule has 22 heavy (non-hydrogen) atoms. The molecule has 1 amide bonds. The van der Waals surface area contributed by atoms with Crippen LogP contribution in [-0.2, 0) is 13.0 Å². The van der Waals surface area contributed by atoms with E-state index in [1.54, 1.807) is 12.5 Å². The van der Waals surface area contributed by atoms with Crippen LogP contribution in [0.1, 0.15) is 45.7 Å². The largest absolute Gasteiger partial charge is 0.481 e. The van der Waals surface area contributed by atoms with E-state index in [2.05, 4.69) is 22.2 Å². The number of nitrogens with zero attached hydrogens (tertiary/aromatic N) is 2. The van der Waals surface area contributed by atoms with Gasteiger partial charge in [0.2, 0.25) is 5.88 Å². The number of aryl methyl sites for hydroxylation is 3. The molecular weight excluding hydrogens is 298 g/mol. The Hall–Kier alpha value is -1.95. The number of nitrogens with one attached hydrogen (secondary N) is 1. The van der Waals surface area contributed by atoms with Crippen LogP contribution in [0.25, 0.3) is 0 Å². The van der Waals surface area contributed by atoms with Crippen LogP contribution in [0.2, 0.25) is 0 Å². The zero-order valence-electron chi connectivity index (χ0n) is 13.4. The summed E-state index contributed by atoms with van der Waals surface area (Å²) in [7, 11) is 1.59. The highest BCUT2D eigenvalue weighted by Gasteiger charge is 2.14. The molecule has 0 radical (unpaired) electrons. The summed E-state index contributed by atoms with van der Waals surface area (Å²) in [5, 5.41) is 5.69. The predicted octanol–water partition coefficient (Wildman–Crippen LogP) is 3.05. The molecule has 0 unspecified atom stereocenters. The second-order valence-electron chi connectivity index (χ2n) is 5.13. The second kappa shape index (κ2) is 7.35. The van der Waals surface area contributed by atoms with Crippen LogP contribution in [0.3, 0.4) is 0 Å². The molecule has 0 atom stereocenters. The van der Waals surface area contributed by atoms with Crippen molar-refractivity contribution >= 4 is 17.2 Å². The van der Waals surface area contributed by atoms with Crippen molar-refractivity contribution in [1.82, 2.24) is 15.3 Å². The van der Waals surface area contributed by atoms with Gasteiger partial charge in [-0.3, -0.25) is 4.79 Å². The highest BCUT2D eigenvalue weighted by Crippen LogP contribution is 2.20. The SMILES string of the molecule is CCCc1nc(C(=O)NCc2c(C)cc(C)nc2OC)cs1. The minimum atomic E-state index is -0.166. The molecule has 0 spiro atoms. The first-order chi connectivity index (χ1) is 10.5. The van der Waals surface area contributed by atoms with E-state index in [1.807, 2.05) is 19.9 Å². The van der Waals surface area contributed by atoms with Gasteiger partial charge in [-0.25, -0.2) is 9.97 Å². The lowest BCUT2D eigenvalue weighted by Crippen LogP contribution is -2.24. The van der Waals surface area contributed by atoms with E-state index in [9.17, 15) is 4.79 Å². The fraction of sp³-hybridized carbons (Fsp3) is 0.438. The number of ether oxygens (including phenoxy) is 1. The number of methoxy groups -OCH3 is 1. The molecule has 0 fully saturated rings. The van der Waals surface area contributed by atoms with Crippen LogP contribution in [-0.4, -0.2) is 23.0 Å². The zero-order chi connectivity index (χ0) is 16.1. The molecule has 6 heteroatoms. The Morgan fingerprint density at radius 3 is 2.82 bits per heavy atom. The maximum atomic E-state index is 12.2. The number of aromatic nitrogens is 2. The first-order valence-corrected chi connectivity index (χ1v) is 8.16. The van der Waals surface area contributed by atoms with Crippen molar-refractivity contribution in [3.63, 3.8) is 0 Å². The summed E-state index contributed by atoms with van der Waals surface area (Å²) >= 11 is 1.53. The first kappa shape index (κ1) is 16.4. The highest BCUT2D eigenvalue weighted by molar-refractivity contribution is 7.09. The third-order valence-electron chi connectivity index (χ3n) is 3.30. The Morgan fingerprint density at radius 2 is 2.14 bits per heavy atom. The van der Waals surface area contributed by atoms with Crippen molar-refractivity contribution in [2.24, 2.45) is 0 Å². The van der Waals surface area contributed by atoms with Gasteiger partial charge in [0.25, 0.3) is 5.91 Å². The molecule has 0 saturated carbocycles. The lowest BCUT2D eigenvalue weighted by Gasteiger charge is -2.12. The molecule has 2 aromatic heterocycles. The summed E-state index contributed by atoms with van der Waals surface area (Å²) < 4.78 is 5.31. The molecule has 0 bridgehead atoms. The number of carbonyl (C=O) groups excluding carboxylic acids is 1. The number of carbonyl (C=O) groups is 1. The molecule has 0 aliphatic carbocycles. The molecular formula is C16H21N3O2S. The van der Waals surface area contributed by atoms with Gasteiger partial charge in [-0.15, -0.1) is 11.3 Å². The summed E-state index contributed by atoms with van der Waals surface area (Å²) in [5.41, 5.74) is 3.32. The van der Waals surface area contributed by atoms with Gasteiger partial charge in [-0.1, -0.05) is 6.92 Å². The van der Waals surface area contributed by atoms with Gasteiger partial charge in [-0.05, 0) is 38.3 Å². The first-order valence-electron chi connectivity index (χ1n) is 7.28. The van der Waals surface area contributed by atoms with Gasteiger partial charge in [0, 0.05) is 23.2 Å². The molecule has 2 heterocycles. The van der Waals surface area contributed by atoms with Crippen LogP contribution in [0.4, 0.5) is 0 Å². The highest BCUT2D eigenvalue weighted by atomic mass is 32.1. The Labute approximate surface area is 134 Å². The number of amides is 1. The number of rotatable bonds is 6. The fourth-order valence-electron chi connectivity index (χ4n) is 2.22. The molecule has 0 aliphatic rings. The standard InChI is InChI=1S/C16H21N3O2S/c1-5-6-14-19-13(9-22-14)15(20)17-8-12-10(2)7-11(3)18-16(12)21-4/h7,9H,5-6,8H2,1-4H3,(H,17,20). The number of hydrogen-bond acceptors (Lipinski definition) is 5. The van der Waals surface area contributed by atoms with Crippen LogP contribution in [0.15, 0.2) is 11.4 Å². The molecule has 118 valence electrons. The molecule has 0 aliphatic heterocycles. The zero-order valence-corrected chi connectivity index (χ0v) is 14.2. The lowest BCUT2D eigenvalue weighted by atomic mass is 10.1. The van der Waals surface area contributed by atoms with Crippen molar-refractivity contribution < 1.29 is 9.53 Å². The summed E-state index contributed by atoms with van der Waals surface area (Å²) in [4.78, 5) is 20.9. The molecule has 2 aromatic rings. The molecule has 2 rings (SSSR count). The third kappa shape index (κ3) is 3.82. The average molecular weight is 319 g/mol.